The van der Waals surface area contributed by atoms with E-state index in [1.54, 1.807) is 31.4 Å². The number of aromatic nitrogens is 2. The van der Waals surface area contributed by atoms with Gasteiger partial charge in [0.25, 0.3) is 5.91 Å². The highest BCUT2D eigenvalue weighted by Gasteiger charge is 2.12. The van der Waals surface area contributed by atoms with E-state index < -0.39 is 0 Å². The molecule has 0 aliphatic rings. The van der Waals surface area contributed by atoms with Gasteiger partial charge in [0.1, 0.15) is 17.3 Å². The molecule has 3 aromatic carbocycles. The number of methoxy groups -OCH3 is 1. The summed E-state index contributed by atoms with van der Waals surface area (Å²) in [7, 11) is 1.61. The first-order valence-electron chi connectivity index (χ1n) is 11.6. The molecule has 0 radical (unpaired) electrons. The van der Waals surface area contributed by atoms with Crippen LogP contribution in [-0.4, -0.2) is 35.7 Å². The first-order chi connectivity index (χ1) is 16.5. The average molecular weight is 458 g/mol. The Kier molecular flexibility index (Phi) is 7.48. The van der Waals surface area contributed by atoms with E-state index in [-0.39, 0.29) is 5.91 Å². The van der Waals surface area contributed by atoms with E-state index in [0.717, 1.165) is 41.3 Å². The van der Waals surface area contributed by atoms with Crippen LogP contribution in [0.25, 0.3) is 11.0 Å². The van der Waals surface area contributed by atoms with Crippen molar-refractivity contribution in [1.29, 1.82) is 0 Å². The van der Waals surface area contributed by atoms with Crippen molar-refractivity contribution in [3.8, 4) is 11.5 Å². The maximum atomic E-state index is 12.5. The summed E-state index contributed by atoms with van der Waals surface area (Å²) in [5, 5.41) is 3.00. The highest BCUT2D eigenvalue weighted by Crippen LogP contribution is 2.19. The fourth-order valence-electron chi connectivity index (χ4n) is 4.13. The second-order valence-corrected chi connectivity index (χ2v) is 8.43. The molecular formula is C28H31N3O3. The fraction of sp³-hybridized carbons (Fsp3) is 0.286. The Balaban J connectivity index is 1.37. The van der Waals surface area contributed by atoms with E-state index in [1.165, 1.54) is 11.1 Å². The van der Waals surface area contributed by atoms with Gasteiger partial charge in [-0.1, -0.05) is 18.2 Å². The number of amides is 1. The summed E-state index contributed by atoms with van der Waals surface area (Å²) in [4.78, 5) is 17.3. The van der Waals surface area contributed by atoms with Gasteiger partial charge in [0, 0.05) is 25.1 Å². The monoisotopic (exact) mass is 457 g/mol. The number of para-hydroxylation sites is 2. The number of aryl methyl sites for hydroxylation is 3. The topological polar surface area (TPSA) is 65.4 Å². The van der Waals surface area contributed by atoms with Gasteiger partial charge in [-0.25, -0.2) is 4.98 Å². The van der Waals surface area contributed by atoms with E-state index in [4.69, 9.17) is 14.5 Å². The number of hydrogen-bond acceptors (Lipinski definition) is 4. The molecular weight excluding hydrogens is 426 g/mol. The molecule has 1 aromatic heterocycles. The summed E-state index contributed by atoms with van der Waals surface area (Å²) in [5.41, 5.74) is 5.08. The van der Waals surface area contributed by atoms with Crippen molar-refractivity contribution >= 4 is 16.9 Å². The number of carbonyl (C=O) groups is 1. The molecule has 6 heteroatoms. The molecule has 0 aliphatic heterocycles. The van der Waals surface area contributed by atoms with Gasteiger partial charge in [0.2, 0.25) is 0 Å². The van der Waals surface area contributed by atoms with Crippen LogP contribution in [0.4, 0.5) is 0 Å². The zero-order valence-electron chi connectivity index (χ0n) is 20.0. The Bertz CT molecular complexity index is 1240. The van der Waals surface area contributed by atoms with Gasteiger partial charge in [-0.05, 0) is 79.9 Å². The maximum absolute atomic E-state index is 12.5. The fourth-order valence-corrected chi connectivity index (χ4v) is 4.13. The molecule has 1 heterocycles. The lowest BCUT2D eigenvalue weighted by atomic mass is 10.1. The van der Waals surface area contributed by atoms with Crippen LogP contribution in [0, 0.1) is 13.8 Å². The van der Waals surface area contributed by atoms with Crippen LogP contribution in [0.15, 0.2) is 66.7 Å². The molecule has 1 N–H and O–H groups in total. The van der Waals surface area contributed by atoms with Gasteiger partial charge in [-0.15, -0.1) is 0 Å². The molecule has 4 rings (SSSR count). The van der Waals surface area contributed by atoms with Gasteiger partial charge in [0.15, 0.2) is 0 Å². The Morgan fingerprint density at radius 3 is 2.44 bits per heavy atom. The van der Waals surface area contributed by atoms with E-state index in [2.05, 4.69) is 48.0 Å². The van der Waals surface area contributed by atoms with Crippen LogP contribution in [0.5, 0.6) is 11.5 Å². The summed E-state index contributed by atoms with van der Waals surface area (Å²) in [6.45, 7) is 6.09. The Morgan fingerprint density at radius 2 is 1.71 bits per heavy atom. The highest BCUT2D eigenvalue weighted by atomic mass is 16.5. The number of rotatable bonds is 10. The van der Waals surface area contributed by atoms with Crippen LogP contribution in [-0.2, 0) is 13.0 Å². The minimum absolute atomic E-state index is 0.104. The summed E-state index contributed by atoms with van der Waals surface area (Å²) in [6, 6.07) is 21.5. The molecule has 4 aromatic rings. The van der Waals surface area contributed by atoms with Gasteiger partial charge in [-0.2, -0.15) is 0 Å². The second kappa shape index (κ2) is 10.9. The Labute approximate surface area is 200 Å². The molecule has 0 bridgehead atoms. The van der Waals surface area contributed by atoms with Crippen molar-refractivity contribution in [2.45, 2.75) is 33.2 Å². The molecule has 1 amide bonds. The van der Waals surface area contributed by atoms with Crippen LogP contribution in [0.1, 0.15) is 33.7 Å². The summed E-state index contributed by atoms with van der Waals surface area (Å²) < 4.78 is 13.4. The van der Waals surface area contributed by atoms with Crippen molar-refractivity contribution in [2.24, 2.45) is 0 Å². The number of nitrogens with zero attached hydrogens (tertiary/aromatic N) is 2. The summed E-state index contributed by atoms with van der Waals surface area (Å²) >= 11 is 0. The number of carbonyl (C=O) groups excluding carboxylic acids is 1. The lowest BCUT2D eigenvalue weighted by Crippen LogP contribution is -2.26. The number of ether oxygens (including phenoxy) is 2. The molecule has 176 valence electrons. The van der Waals surface area contributed by atoms with Crippen LogP contribution >= 0.6 is 0 Å². The summed E-state index contributed by atoms with van der Waals surface area (Å²) in [5.74, 6) is 2.50. The smallest absolute Gasteiger partial charge is 0.251 e. The third kappa shape index (κ3) is 5.76. The van der Waals surface area contributed by atoms with Gasteiger partial charge < -0.3 is 19.4 Å². The molecule has 0 aliphatic carbocycles. The SMILES string of the molecule is COc1ccc(C(=O)NCCc2nc3ccccc3n2CCCOc2cc(C)cc(C)c2)cc1. The van der Waals surface area contributed by atoms with Gasteiger partial charge in [-0.3, -0.25) is 4.79 Å². The minimum atomic E-state index is -0.104. The van der Waals surface area contributed by atoms with Crippen LogP contribution < -0.4 is 14.8 Å². The number of hydrogen-bond donors (Lipinski definition) is 1. The Hall–Kier alpha value is -3.80. The van der Waals surface area contributed by atoms with Crippen molar-refractivity contribution in [1.82, 2.24) is 14.9 Å². The zero-order chi connectivity index (χ0) is 23.9. The molecule has 0 unspecified atom stereocenters. The molecule has 34 heavy (non-hydrogen) atoms. The molecule has 0 saturated heterocycles. The number of imidazole rings is 1. The van der Waals surface area contributed by atoms with Gasteiger partial charge >= 0.3 is 0 Å². The largest absolute Gasteiger partial charge is 0.497 e. The van der Waals surface area contributed by atoms with Crippen molar-refractivity contribution in [2.75, 3.05) is 20.3 Å². The third-order valence-electron chi connectivity index (χ3n) is 5.71. The quantitative estimate of drug-likeness (QED) is 0.336. The maximum Gasteiger partial charge on any atom is 0.251 e. The predicted molar refractivity (Wildman–Crippen MR) is 135 cm³/mol. The molecule has 6 nitrogen and oxygen atoms in total. The van der Waals surface area contributed by atoms with Crippen molar-refractivity contribution in [3.05, 3.63) is 89.2 Å². The minimum Gasteiger partial charge on any atom is -0.497 e. The van der Waals surface area contributed by atoms with Crippen LogP contribution in [0.3, 0.4) is 0 Å². The average Bonchev–Trinajstić information content (AvgIpc) is 3.18. The van der Waals surface area contributed by atoms with Crippen LogP contribution in [0.2, 0.25) is 0 Å². The highest BCUT2D eigenvalue weighted by molar-refractivity contribution is 5.94. The molecule has 0 saturated carbocycles. The normalized spacial score (nSPS) is 10.9. The number of benzene rings is 3. The van der Waals surface area contributed by atoms with E-state index in [9.17, 15) is 4.79 Å². The standard InChI is InChI=1S/C28H31N3O3/c1-20-17-21(2)19-24(18-20)34-16-6-15-31-26-8-5-4-7-25(26)30-27(31)13-14-29-28(32)22-9-11-23(33-3)12-10-22/h4-5,7-12,17-19H,6,13-16H2,1-3H3,(H,29,32). The second-order valence-electron chi connectivity index (χ2n) is 8.43. The lowest BCUT2D eigenvalue weighted by Gasteiger charge is -2.12. The molecule has 0 fully saturated rings. The summed E-state index contributed by atoms with van der Waals surface area (Å²) in [6.07, 6.45) is 1.51. The van der Waals surface area contributed by atoms with Crippen molar-refractivity contribution in [3.63, 3.8) is 0 Å². The van der Waals surface area contributed by atoms with E-state index in [0.29, 0.717) is 25.1 Å². The first-order valence-corrected chi connectivity index (χ1v) is 11.6. The number of fused-ring (bicyclic) bond motifs is 1. The third-order valence-corrected chi connectivity index (χ3v) is 5.71. The first kappa shape index (κ1) is 23.4. The predicted octanol–water partition coefficient (Wildman–Crippen LogP) is 5.10. The Morgan fingerprint density at radius 1 is 0.971 bits per heavy atom. The lowest BCUT2D eigenvalue weighted by molar-refractivity contribution is 0.0954. The van der Waals surface area contributed by atoms with Gasteiger partial charge in [0.05, 0.1) is 24.8 Å². The zero-order valence-corrected chi connectivity index (χ0v) is 20.0. The molecule has 0 atom stereocenters. The van der Waals surface area contributed by atoms with E-state index >= 15 is 0 Å². The number of nitrogens with one attached hydrogen (secondary N) is 1. The molecule has 0 spiro atoms. The van der Waals surface area contributed by atoms with E-state index in [1.807, 2.05) is 18.2 Å². The van der Waals surface area contributed by atoms with Crippen molar-refractivity contribution < 1.29 is 14.3 Å².